The molecule has 4 bridgehead atoms. The standard InChI is InChI=1S/C40H49N5O5/c1-50-35-9-5-4-8-33(35)43-12-14-44(15-13-43)37(48)32(18-26-10-11-29-6-2-3-7-30(29)17-26)42-36(47)34-19-31(46)24-45(34)38(49)39-20-27-16-28(21-39)23-40(41,22-27)25-39/h2-11,17,27-28,31-32,34,46H,12-16,18-25,41H2,1H3,(H,42,47). The Balaban J connectivity index is 1.02. The molecule has 0 spiro atoms. The lowest BCUT2D eigenvalue weighted by Crippen LogP contribution is -2.65. The Morgan fingerprint density at radius 2 is 1.62 bits per heavy atom. The lowest BCUT2D eigenvalue weighted by molar-refractivity contribution is -0.162. The average molecular weight is 680 g/mol. The maximum absolute atomic E-state index is 14.5. The molecule has 5 atom stereocenters. The number of ether oxygens (including phenoxy) is 1. The van der Waals surface area contributed by atoms with Crippen LogP contribution in [0, 0.1) is 17.3 Å². The zero-order valence-electron chi connectivity index (χ0n) is 28.9. The van der Waals surface area contributed by atoms with Crippen molar-refractivity contribution in [2.45, 2.75) is 75.1 Å². The minimum atomic E-state index is -0.839. The minimum Gasteiger partial charge on any atom is -0.495 e. The highest BCUT2D eigenvalue weighted by atomic mass is 16.5. The van der Waals surface area contributed by atoms with Gasteiger partial charge in [0.1, 0.15) is 17.8 Å². The molecule has 2 saturated heterocycles. The average Bonchev–Trinajstić information content (AvgIpc) is 3.51. The summed E-state index contributed by atoms with van der Waals surface area (Å²) < 4.78 is 5.58. The van der Waals surface area contributed by atoms with E-state index in [0.29, 0.717) is 50.9 Å². The van der Waals surface area contributed by atoms with Crippen molar-refractivity contribution in [1.29, 1.82) is 0 Å². The highest BCUT2D eigenvalue weighted by Gasteiger charge is 2.61. The van der Waals surface area contributed by atoms with Crippen molar-refractivity contribution in [3.05, 3.63) is 72.3 Å². The summed E-state index contributed by atoms with van der Waals surface area (Å²) in [5.41, 5.74) is 7.90. The van der Waals surface area contributed by atoms with E-state index in [4.69, 9.17) is 10.5 Å². The number of amides is 3. The number of rotatable bonds is 8. The molecular weight excluding hydrogens is 630 g/mol. The number of likely N-dealkylation sites (tertiary alicyclic amines) is 1. The van der Waals surface area contributed by atoms with Gasteiger partial charge in [0.2, 0.25) is 17.7 Å². The van der Waals surface area contributed by atoms with Gasteiger partial charge in [-0.3, -0.25) is 14.4 Å². The highest BCUT2D eigenvalue weighted by molar-refractivity contribution is 5.94. The Kier molecular flexibility index (Phi) is 8.50. The summed E-state index contributed by atoms with van der Waals surface area (Å²) in [5, 5.41) is 16.1. The third kappa shape index (κ3) is 6.10. The molecule has 10 nitrogen and oxygen atoms in total. The fraction of sp³-hybridized carbons (Fsp3) is 0.525. The van der Waals surface area contributed by atoms with E-state index in [1.54, 1.807) is 12.0 Å². The number of nitrogens with one attached hydrogen (secondary N) is 1. The number of hydrogen-bond acceptors (Lipinski definition) is 7. The van der Waals surface area contributed by atoms with Gasteiger partial charge in [0, 0.05) is 51.1 Å². The molecule has 5 unspecified atom stereocenters. The second-order valence-electron chi connectivity index (χ2n) is 15.9. The zero-order chi connectivity index (χ0) is 34.6. The summed E-state index contributed by atoms with van der Waals surface area (Å²) in [6.45, 7) is 2.39. The van der Waals surface area contributed by atoms with E-state index in [2.05, 4.69) is 22.3 Å². The Hall–Kier alpha value is -4.15. The van der Waals surface area contributed by atoms with Gasteiger partial charge in [-0.15, -0.1) is 0 Å². The largest absolute Gasteiger partial charge is 0.495 e. The number of aliphatic hydroxyl groups excluding tert-OH is 1. The molecule has 0 radical (unpaired) electrons. The molecule has 4 N–H and O–H groups in total. The van der Waals surface area contributed by atoms with Gasteiger partial charge >= 0.3 is 0 Å². The van der Waals surface area contributed by atoms with Gasteiger partial charge in [0.25, 0.3) is 0 Å². The van der Waals surface area contributed by atoms with E-state index in [-0.39, 0.29) is 36.2 Å². The van der Waals surface area contributed by atoms with E-state index >= 15 is 0 Å². The minimum absolute atomic E-state index is 0.0389. The number of carbonyl (C=O) groups is 3. The second kappa shape index (κ2) is 12.9. The smallest absolute Gasteiger partial charge is 0.245 e. The topological polar surface area (TPSA) is 128 Å². The Labute approximate surface area is 293 Å². The summed E-state index contributed by atoms with van der Waals surface area (Å²) in [7, 11) is 1.66. The number of hydrogen-bond donors (Lipinski definition) is 3. The van der Waals surface area contributed by atoms with E-state index in [1.165, 1.54) is 0 Å². The number of anilines is 1. The van der Waals surface area contributed by atoms with Crippen LogP contribution < -0.4 is 20.7 Å². The van der Waals surface area contributed by atoms with E-state index in [1.807, 2.05) is 59.5 Å². The first-order valence-electron chi connectivity index (χ1n) is 18.3. The van der Waals surface area contributed by atoms with E-state index < -0.39 is 23.6 Å². The van der Waals surface area contributed by atoms with Crippen molar-refractivity contribution >= 4 is 34.2 Å². The van der Waals surface area contributed by atoms with Gasteiger partial charge in [-0.05, 0) is 78.8 Å². The van der Waals surface area contributed by atoms with Gasteiger partial charge in [-0.1, -0.05) is 54.6 Å². The summed E-state index contributed by atoms with van der Waals surface area (Å²) in [6, 6.07) is 20.4. The Morgan fingerprint density at radius 1 is 0.920 bits per heavy atom. The molecule has 3 aromatic carbocycles. The SMILES string of the molecule is COc1ccccc1N1CCN(C(=O)C(Cc2ccc3ccccc3c2)NC(=O)C2CC(O)CN2C(=O)C23CC4CC(CC(N)(C4)C2)C3)CC1. The van der Waals surface area contributed by atoms with Crippen LogP contribution in [0.4, 0.5) is 5.69 Å². The van der Waals surface area contributed by atoms with Crippen molar-refractivity contribution in [2.24, 2.45) is 23.0 Å². The van der Waals surface area contributed by atoms with Gasteiger partial charge in [-0.25, -0.2) is 0 Å². The van der Waals surface area contributed by atoms with Crippen LogP contribution in [0.5, 0.6) is 5.75 Å². The maximum atomic E-state index is 14.5. The van der Waals surface area contributed by atoms with Crippen molar-refractivity contribution in [1.82, 2.24) is 15.1 Å². The lowest BCUT2D eigenvalue weighted by Gasteiger charge is -2.60. The van der Waals surface area contributed by atoms with Crippen molar-refractivity contribution in [3.63, 3.8) is 0 Å². The third-order valence-corrected chi connectivity index (χ3v) is 12.3. The molecule has 3 aromatic rings. The number of β-amino-alcohol motifs (C(OH)–C–C–N with tert-alkyl or cyclic N) is 1. The number of nitrogens with zero attached hydrogens (tertiary/aromatic N) is 3. The molecule has 6 aliphatic rings. The van der Waals surface area contributed by atoms with Crippen LogP contribution in [0.2, 0.25) is 0 Å². The number of para-hydroxylation sites is 2. The molecule has 10 heteroatoms. The number of fused-ring (bicyclic) bond motifs is 1. The van der Waals surface area contributed by atoms with E-state index in [9.17, 15) is 19.5 Å². The first-order valence-corrected chi connectivity index (χ1v) is 18.3. The van der Waals surface area contributed by atoms with Crippen LogP contribution in [-0.2, 0) is 20.8 Å². The van der Waals surface area contributed by atoms with Crippen LogP contribution in [0.1, 0.15) is 50.5 Å². The number of nitrogens with two attached hydrogens (primary N) is 1. The number of carbonyl (C=O) groups excluding carboxylic acids is 3. The van der Waals surface area contributed by atoms with Crippen LogP contribution in [0.25, 0.3) is 10.8 Å². The van der Waals surface area contributed by atoms with Crippen LogP contribution in [-0.4, -0.2) is 96.2 Å². The van der Waals surface area contributed by atoms with Gasteiger partial charge in [0.05, 0.1) is 24.3 Å². The number of aliphatic hydroxyl groups is 1. The normalized spacial score (nSPS) is 30.8. The first kappa shape index (κ1) is 33.0. The van der Waals surface area contributed by atoms with Crippen LogP contribution in [0.3, 0.4) is 0 Å². The Morgan fingerprint density at radius 3 is 2.34 bits per heavy atom. The quantitative estimate of drug-likeness (QED) is 0.333. The van der Waals surface area contributed by atoms with Gasteiger partial charge in [0.15, 0.2) is 0 Å². The summed E-state index contributed by atoms with van der Waals surface area (Å²) in [6.07, 6.45) is 5.01. The molecule has 2 heterocycles. The summed E-state index contributed by atoms with van der Waals surface area (Å²) in [5.74, 6) is 1.11. The molecule has 4 aliphatic carbocycles. The number of benzene rings is 3. The van der Waals surface area contributed by atoms with E-state index in [0.717, 1.165) is 59.9 Å². The fourth-order valence-electron chi connectivity index (χ4n) is 10.5. The predicted molar refractivity (Wildman–Crippen MR) is 192 cm³/mol. The van der Waals surface area contributed by atoms with Crippen LogP contribution in [0.15, 0.2) is 66.7 Å². The molecule has 9 rings (SSSR count). The number of methoxy groups -OCH3 is 1. The second-order valence-corrected chi connectivity index (χ2v) is 15.9. The van der Waals surface area contributed by atoms with Gasteiger partial charge in [-0.2, -0.15) is 0 Å². The highest BCUT2D eigenvalue weighted by Crippen LogP contribution is 2.61. The monoisotopic (exact) mass is 679 g/mol. The molecule has 0 aromatic heterocycles. The van der Waals surface area contributed by atoms with Gasteiger partial charge < -0.3 is 35.6 Å². The Bertz CT molecular complexity index is 1770. The van der Waals surface area contributed by atoms with Crippen molar-refractivity contribution in [2.75, 3.05) is 44.7 Å². The predicted octanol–water partition coefficient (Wildman–Crippen LogP) is 3.48. The summed E-state index contributed by atoms with van der Waals surface area (Å²) in [4.78, 5) is 48.8. The fourth-order valence-corrected chi connectivity index (χ4v) is 10.5. The molecule has 50 heavy (non-hydrogen) atoms. The molecular formula is C40H49N5O5. The molecule has 264 valence electrons. The zero-order valence-corrected chi connectivity index (χ0v) is 28.9. The molecule has 6 fully saturated rings. The molecule has 3 amide bonds. The lowest BCUT2D eigenvalue weighted by atomic mass is 9.46. The first-order chi connectivity index (χ1) is 24.1. The maximum Gasteiger partial charge on any atom is 0.245 e. The molecule has 4 saturated carbocycles. The van der Waals surface area contributed by atoms with Crippen molar-refractivity contribution < 1.29 is 24.2 Å². The van der Waals surface area contributed by atoms with Crippen molar-refractivity contribution in [3.8, 4) is 5.75 Å². The number of piperazine rings is 1. The molecule has 2 aliphatic heterocycles. The van der Waals surface area contributed by atoms with Crippen LogP contribution >= 0.6 is 0 Å². The third-order valence-electron chi connectivity index (χ3n) is 12.3. The summed E-state index contributed by atoms with van der Waals surface area (Å²) >= 11 is 0.